The fourth-order valence-corrected chi connectivity index (χ4v) is 2.78. The summed E-state index contributed by atoms with van der Waals surface area (Å²) in [4.78, 5) is 29.1. The molecule has 3 rings (SSSR count). The van der Waals surface area contributed by atoms with Gasteiger partial charge in [-0.1, -0.05) is 48.9 Å². The van der Waals surface area contributed by atoms with Crippen LogP contribution in [0.1, 0.15) is 33.5 Å². The Morgan fingerprint density at radius 1 is 0.889 bits per heavy atom. The van der Waals surface area contributed by atoms with Crippen LogP contribution in [0.5, 0.6) is 0 Å². The van der Waals surface area contributed by atoms with Gasteiger partial charge < -0.3 is 10.6 Å². The van der Waals surface area contributed by atoms with Crippen LogP contribution >= 0.6 is 11.6 Å². The largest absolute Gasteiger partial charge is 0.321 e. The van der Waals surface area contributed by atoms with Gasteiger partial charge in [-0.05, 0) is 48.4 Å². The predicted molar refractivity (Wildman–Crippen MR) is 107 cm³/mol. The molecule has 1 heterocycles. The van der Waals surface area contributed by atoms with Gasteiger partial charge in [0.15, 0.2) is 0 Å². The molecule has 0 aliphatic carbocycles. The highest BCUT2D eigenvalue weighted by molar-refractivity contribution is 6.31. The smallest absolute Gasteiger partial charge is 0.274 e. The van der Waals surface area contributed by atoms with E-state index in [1.54, 1.807) is 42.5 Å². The lowest BCUT2D eigenvalue weighted by Crippen LogP contribution is -2.19. The first-order chi connectivity index (χ1) is 13.1. The number of rotatable bonds is 5. The van der Waals surface area contributed by atoms with Gasteiger partial charge in [0.05, 0.1) is 0 Å². The van der Waals surface area contributed by atoms with Gasteiger partial charge in [0.25, 0.3) is 11.8 Å². The van der Waals surface area contributed by atoms with Crippen molar-refractivity contribution in [3.63, 3.8) is 0 Å². The van der Waals surface area contributed by atoms with E-state index < -0.39 is 5.91 Å². The van der Waals surface area contributed by atoms with Gasteiger partial charge in [0, 0.05) is 16.4 Å². The van der Waals surface area contributed by atoms with Gasteiger partial charge in [0.2, 0.25) is 0 Å². The van der Waals surface area contributed by atoms with Crippen LogP contribution in [0, 0.1) is 0 Å². The Balaban J connectivity index is 1.76. The summed E-state index contributed by atoms with van der Waals surface area (Å²) in [5.41, 5.74) is 2.63. The highest BCUT2D eigenvalue weighted by Crippen LogP contribution is 2.17. The summed E-state index contributed by atoms with van der Waals surface area (Å²) >= 11 is 5.92. The average Bonchev–Trinajstić information content (AvgIpc) is 2.68. The van der Waals surface area contributed by atoms with E-state index in [4.69, 9.17) is 11.6 Å². The quantitative estimate of drug-likeness (QED) is 0.668. The van der Waals surface area contributed by atoms with Gasteiger partial charge in [-0.25, -0.2) is 4.98 Å². The van der Waals surface area contributed by atoms with E-state index in [-0.39, 0.29) is 17.3 Å². The standard InChI is InChI=1S/C21H18ClN3O2/c1-2-14-7-3-4-10-17(14)25-21(27)19-12-6-11-18(24-19)20(26)23-16-9-5-8-15(22)13-16/h3-13H,2H2,1H3,(H,23,26)(H,25,27). The minimum atomic E-state index is -0.416. The fourth-order valence-electron chi connectivity index (χ4n) is 2.59. The number of nitrogens with zero attached hydrogens (tertiary/aromatic N) is 1. The van der Waals surface area contributed by atoms with Crippen LogP contribution in [0.15, 0.2) is 66.7 Å². The molecule has 5 nitrogen and oxygen atoms in total. The molecule has 0 saturated carbocycles. The van der Waals surface area contributed by atoms with E-state index in [0.29, 0.717) is 10.7 Å². The van der Waals surface area contributed by atoms with Gasteiger partial charge in [-0.15, -0.1) is 0 Å². The summed E-state index contributed by atoms with van der Waals surface area (Å²) < 4.78 is 0. The molecular formula is C21H18ClN3O2. The van der Waals surface area contributed by atoms with Crippen molar-refractivity contribution in [2.24, 2.45) is 0 Å². The Hall–Kier alpha value is -3.18. The molecule has 0 spiro atoms. The van der Waals surface area contributed by atoms with Crippen LogP contribution in [0.3, 0.4) is 0 Å². The molecule has 0 saturated heterocycles. The molecule has 6 heteroatoms. The maximum atomic E-state index is 12.5. The lowest BCUT2D eigenvalue weighted by molar-refractivity contribution is 0.101. The van der Waals surface area contributed by atoms with Crippen LogP contribution in [0.2, 0.25) is 5.02 Å². The lowest BCUT2D eigenvalue weighted by Gasteiger charge is -2.10. The van der Waals surface area contributed by atoms with E-state index in [9.17, 15) is 9.59 Å². The monoisotopic (exact) mass is 379 g/mol. The molecule has 2 N–H and O–H groups in total. The van der Waals surface area contributed by atoms with Crippen molar-refractivity contribution in [3.8, 4) is 0 Å². The van der Waals surface area contributed by atoms with Crippen LogP contribution in [0.4, 0.5) is 11.4 Å². The van der Waals surface area contributed by atoms with E-state index in [0.717, 1.165) is 17.7 Å². The minimum Gasteiger partial charge on any atom is -0.321 e. The second kappa shape index (κ2) is 8.47. The highest BCUT2D eigenvalue weighted by atomic mass is 35.5. The van der Waals surface area contributed by atoms with Crippen molar-refractivity contribution in [1.82, 2.24) is 4.98 Å². The third kappa shape index (κ3) is 4.71. The zero-order valence-corrected chi connectivity index (χ0v) is 15.5. The minimum absolute atomic E-state index is 0.145. The SMILES string of the molecule is CCc1ccccc1NC(=O)c1cccc(C(=O)Nc2cccc(Cl)c2)n1. The van der Waals surface area contributed by atoms with Crippen molar-refractivity contribution < 1.29 is 9.59 Å². The molecule has 0 radical (unpaired) electrons. The summed E-state index contributed by atoms with van der Waals surface area (Å²) in [5, 5.41) is 6.08. The maximum absolute atomic E-state index is 12.5. The lowest BCUT2D eigenvalue weighted by atomic mass is 10.1. The molecule has 2 aromatic carbocycles. The number of para-hydroxylation sites is 1. The molecule has 3 aromatic rings. The van der Waals surface area contributed by atoms with Crippen molar-refractivity contribution in [2.75, 3.05) is 10.6 Å². The molecule has 0 bridgehead atoms. The first-order valence-corrected chi connectivity index (χ1v) is 8.88. The van der Waals surface area contributed by atoms with Crippen LogP contribution in [-0.2, 0) is 6.42 Å². The Bertz CT molecular complexity index is 988. The number of aromatic nitrogens is 1. The molecule has 0 unspecified atom stereocenters. The molecule has 0 aliphatic heterocycles. The highest BCUT2D eigenvalue weighted by Gasteiger charge is 2.14. The zero-order valence-electron chi connectivity index (χ0n) is 14.7. The molecule has 2 amide bonds. The number of carbonyl (C=O) groups excluding carboxylic acids is 2. The van der Waals surface area contributed by atoms with Gasteiger partial charge >= 0.3 is 0 Å². The average molecular weight is 380 g/mol. The predicted octanol–water partition coefficient (Wildman–Crippen LogP) is 4.80. The number of aryl methyl sites for hydroxylation is 1. The summed E-state index contributed by atoms with van der Waals surface area (Å²) in [5.74, 6) is -0.783. The number of amides is 2. The Morgan fingerprint density at radius 3 is 2.26 bits per heavy atom. The number of anilines is 2. The number of benzene rings is 2. The number of hydrogen-bond donors (Lipinski definition) is 2. The van der Waals surface area contributed by atoms with E-state index in [2.05, 4.69) is 15.6 Å². The normalized spacial score (nSPS) is 10.3. The van der Waals surface area contributed by atoms with Crippen LogP contribution in [-0.4, -0.2) is 16.8 Å². The number of halogens is 1. The second-order valence-electron chi connectivity index (χ2n) is 5.84. The van der Waals surface area contributed by atoms with Gasteiger partial charge in [0.1, 0.15) is 11.4 Å². The number of hydrogen-bond acceptors (Lipinski definition) is 3. The summed E-state index contributed by atoms with van der Waals surface area (Å²) in [7, 11) is 0. The molecule has 0 atom stereocenters. The van der Waals surface area contributed by atoms with E-state index in [1.807, 2.05) is 31.2 Å². The first kappa shape index (κ1) is 18.6. The Labute approximate surface area is 162 Å². The molecule has 0 fully saturated rings. The third-order valence-electron chi connectivity index (χ3n) is 3.94. The van der Waals surface area contributed by atoms with Crippen molar-refractivity contribution in [3.05, 3.63) is 88.7 Å². The van der Waals surface area contributed by atoms with Crippen molar-refractivity contribution in [2.45, 2.75) is 13.3 Å². The topological polar surface area (TPSA) is 71.1 Å². The molecule has 0 aliphatic rings. The van der Waals surface area contributed by atoms with Gasteiger partial charge in [-0.2, -0.15) is 0 Å². The zero-order chi connectivity index (χ0) is 19.2. The number of pyridine rings is 1. The number of nitrogens with one attached hydrogen (secondary N) is 2. The van der Waals surface area contributed by atoms with Crippen LogP contribution in [0.25, 0.3) is 0 Å². The molecular weight excluding hydrogens is 362 g/mol. The van der Waals surface area contributed by atoms with Crippen molar-refractivity contribution >= 4 is 34.8 Å². The third-order valence-corrected chi connectivity index (χ3v) is 4.18. The van der Waals surface area contributed by atoms with Crippen molar-refractivity contribution in [1.29, 1.82) is 0 Å². The molecule has 27 heavy (non-hydrogen) atoms. The maximum Gasteiger partial charge on any atom is 0.274 e. The van der Waals surface area contributed by atoms with E-state index in [1.165, 1.54) is 0 Å². The summed E-state index contributed by atoms with van der Waals surface area (Å²) in [6, 6.07) is 19.1. The molecule has 136 valence electrons. The van der Waals surface area contributed by atoms with E-state index >= 15 is 0 Å². The second-order valence-corrected chi connectivity index (χ2v) is 6.27. The Kier molecular flexibility index (Phi) is 5.84. The Morgan fingerprint density at radius 2 is 1.56 bits per heavy atom. The number of carbonyl (C=O) groups is 2. The molecule has 1 aromatic heterocycles. The van der Waals surface area contributed by atoms with Crippen LogP contribution < -0.4 is 10.6 Å². The fraction of sp³-hybridized carbons (Fsp3) is 0.0952. The summed E-state index contributed by atoms with van der Waals surface area (Å²) in [6.45, 7) is 2.02. The first-order valence-electron chi connectivity index (χ1n) is 8.50. The van der Waals surface area contributed by atoms with Gasteiger partial charge in [-0.3, -0.25) is 9.59 Å². The summed E-state index contributed by atoms with van der Waals surface area (Å²) in [6.07, 6.45) is 0.798.